The summed E-state index contributed by atoms with van der Waals surface area (Å²) in [6, 6.07) is 11.6. The van der Waals surface area contributed by atoms with E-state index in [0.29, 0.717) is 0 Å². The van der Waals surface area contributed by atoms with Crippen LogP contribution < -0.4 is 14.8 Å². The number of amides is 1. The van der Waals surface area contributed by atoms with E-state index in [4.69, 9.17) is 14.5 Å². The van der Waals surface area contributed by atoms with Crippen LogP contribution in [0.15, 0.2) is 48.0 Å². The van der Waals surface area contributed by atoms with Crippen molar-refractivity contribution in [1.82, 2.24) is 9.38 Å². The van der Waals surface area contributed by atoms with E-state index in [1.165, 1.54) is 11.3 Å². The summed E-state index contributed by atoms with van der Waals surface area (Å²) in [5.74, 6) is 1.39. The second-order valence-corrected chi connectivity index (χ2v) is 7.95. The highest BCUT2D eigenvalue weighted by molar-refractivity contribution is 7.15. The zero-order valence-corrected chi connectivity index (χ0v) is 18.2. The molecule has 0 atom stereocenters. The van der Waals surface area contributed by atoms with E-state index in [0.717, 1.165) is 50.2 Å². The SMILES string of the molecule is COc1ccc(OC)c(-c2cn3c(CC(=O)Nc4cc(C)ccc4C)csc3n2)c1. The van der Waals surface area contributed by atoms with Gasteiger partial charge in [0.1, 0.15) is 11.5 Å². The molecule has 1 N–H and O–H groups in total. The third-order valence-corrected chi connectivity index (χ3v) is 5.86. The molecule has 0 bridgehead atoms. The maximum absolute atomic E-state index is 12.7. The third kappa shape index (κ3) is 3.89. The van der Waals surface area contributed by atoms with Gasteiger partial charge in [0.05, 0.1) is 26.3 Å². The molecule has 0 spiro atoms. The van der Waals surface area contributed by atoms with Gasteiger partial charge in [-0.2, -0.15) is 0 Å². The number of aromatic nitrogens is 2. The van der Waals surface area contributed by atoms with Gasteiger partial charge in [-0.15, -0.1) is 11.3 Å². The quantitative estimate of drug-likeness (QED) is 0.482. The number of nitrogens with zero attached hydrogens (tertiary/aromatic N) is 2. The smallest absolute Gasteiger partial charge is 0.230 e. The molecule has 0 unspecified atom stereocenters. The van der Waals surface area contributed by atoms with Crippen LogP contribution in [0.25, 0.3) is 16.2 Å². The summed E-state index contributed by atoms with van der Waals surface area (Å²) in [5, 5.41) is 4.99. The number of rotatable bonds is 6. The molecule has 2 aromatic heterocycles. The Kier molecular flexibility index (Phi) is 5.46. The van der Waals surface area contributed by atoms with Crippen LogP contribution in [0.1, 0.15) is 16.8 Å². The molecule has 2 heterocycles. The fourth-order valence-electron chi connectivity index (χ4n) is 3.33. The van der Waals surface area contributed by atoms with E-state index in [9.17, 15) is 4.79 Å². The highest BCUT2D eigenvalue weighted by Crippen LogP contribution is 2.34. The van der Waals surface area contributed by atoms with Gasteiger partial charge < -0.3 is 14.8 Å². The molecule has 0 aliphatic rings. The third-order valence-electron chi connectivity index (χ3n) is 4.97. The Balaban J connectivity index is 1.61. The molecule has 4 rings (SSSR count). The molecule has 2 aromatic carbocycles. The minimum atomic E-state index is -0.0578. The second-order valence-electron chi connectivity index (χ2n) is 7.12. The number of methoxy groups -OCH3 is 2. The lowest BCUT2D eigenvalue weighted by atomic mass is 10.1. The highest BCUT2D eigenvalue weighted by atomic mass is 32.1. The summed E-state index contributed by atoms with van der Waals surface area (Å²) in [7, 11) is 3.26. The van der Waals surface area contributed by atoms with Crippen molar-refractivity contribution in [3.63, 3.8) is 0 Å². The zero-order chi connectivity index (χ0) is 21.3. The maximum Gasteiger partial charge on any atom is 0.230 e. The van der Waals surface area contributed by atoms with Crippen molar-refractivity contribution in [3.8, 4) is 22.8 Å². The lowest BCUT2D eigenvalue weighted by Crippen LogP contribution is -2.16. The Morgan fingerprint density at radius 2 is 1.97 bits per heavy atom. The van der Waals surface area contributed by atoms with Gasteiger partial charge in [0.2, 0.25) is 5.91 Å². The number of aryl methyl sites for hydroxylation is 2. The van der Waals surface area contributed by atoms with Gasteiger partial charge in [0, 0.05) is 28.5 Å². The topological polar surface area (TPSA) is 64.9 Å². The lowest BCUT2D eigenvalue weighted by Gasteiger charge is -2.09. The number of imidazole rings is 1. The number of hydrogen-bond acceptors (Lipinski definition) is 5. The van der Waals surface area contributed by atoms with Gasteiger partial charge in [-0.1, -0.05) is 12.1 Å². The average molecular weight is 422 g/mol. The first kappa shape index (κ1) is 20.0. The van der Waals surface area contributed by atoms with Gasteiger partial charge in [-0.3, -0.25) is 9.20 Å². The van der Waals surface area contributed by atoms with Crippen molar-refractivity contribution < 1.29 is 14.3 Å². The molecule has 6 nitrogen and oxygen atoms in total. The second kappa shape index (κ2) is 8.20. The average Bonchev–Trinajstić information content (AvgIpc) is 3.32. The fraction of sp³-hybridized carbons (Fsp3) is 0.217. The van der Waals surface area contributed by atoms with E-state index in [2.05, 4.69) is 5.32 Å². The van der Waals surface area contributed by atoms with Crippen molar-refractivity contribution in [2.75, 3.05) is 19.5 Å². The Morgan fingerprint density at radius 1 is 1.13 bits per heavy atom. The van der Waals surface area contributed by atoms with Crippen LogP contribution in [-0.4, -0.2) is 29.5 Å². The predicted octanol–water partition coefficient (Wildman–Crippen LogP) is 4.88. The monoisotopic (exact) mass is 421 g/mol. The summed E-state index contributed by atoms with van der Waals surface area (Å²) in [6.45, 7) is 4.00. The molecule has 0 saturated carbocycles. The first-order chi connectivity index (χ1) is 14.5. The summed E-state index contributed by atoms with van der Waals surface area (Å²) < 4.78 is 12.8. The molecule has 0 saturated heterocycles. The Bertz CT molecular complexity index is 1230. The van der Waals surface area contributed by atoms with Crippen molar-refractivity contribution in [1.29, 1.82) is 0 Å². The Morgan fingerprint density at radius 3 is 2.73 bits per heavy atom. The largest absolute Gasteiger partial charge is 0.497 e. The summed E-state index contributed by atoms with van der Waals surface area (Å²) >= 11 is 1.51. The van der Waals surface area contributed by atoms with E-state index in [1.54, 1.807) is 14.2 Å². The van der Waals surface area contributed by atoms with E-state index >= 15 is 0 Å². The number of thiazole rings is 1. The normalized spacial score (nSPS) is 10.9. The number of carbonyl (C=O) groups excluding carboxylic acids is 1. The van der Waals surface area contributed by atoms with Gasteiger partial charge in [-0.05, 0) is 49.2 Å². The molecule has 154 valence electrons. The van der Waals surface area contributed by atoms with Crippen LogP contribution in [0.2, 0.25) is 0 Å². The van der Waals surface area contributed by atoms with E-state index < -0.39 is 0 Å². The number of nitrogens with one attached hydrogen (secondary N) is 1. The molecule has 4 aromatic rings. The van der Waals surface area contributed by atoms with Crippen LogP contribution in [-0.2, 0) is 11.2 Å². The summed E-state index contributed by atoms with van der Waals surface area (Å²) in [4.78, 5) is 18.2. The van der Waals surface area contributed by atoms with Crippen LogP contribution in [0.5, 0.6) is 11.5 Å². The minimum Gasteiger partial charge on any atom is -0.497 e. The molecular weight excluding hydrogens is 398 g/mol. The number of benzene rings is 2. The number of hydrogen-bond donors (Lipinski definition) is 1. The highest BCUT2D eigenvalue weighted by Gasteiger charge is 2.16. The number of ether oxygens (including phenoxy) is 2. The molecule has 30 heavy (non-hydrogen) atoms. The molecular formula is C23H23N3O3S. The molecule has 0 aliphatic heterocycles. The summed E-state index contributed by atoms with van der Waals surface area (Å²) in [5.41, 5.74) is 5.50. The summed E-state index contributed by atoms with van der Waals surface area (Å²) in [6.07, 6.45) is 2.20. The van der Waals surface area contributed by atoms with E-state index in [1.807, 2.05) is 66.2 Å². The first-order valence-electron chi connectivity index (χ1n) is 9.53. The zero-order valence-electron chi connectivity index (χ0n) is 17.4. The van der Waals surface area contributed by atoms with Crippen molar-refractivity contribution in [3.05, 3.63) is 64.8 Å². The van der Waals surface area contributed by atoms with Crippen molar-refractivity contribution in [2.45, 2.75) is 20.3 Å². The van der Waals surface area contributed by atoms with Gasteiger partial charge in [0.15, 0.2) is 4.96 Å². The molecule has 0 aliphatic carbocycles. The molecule has 0 fully saturated rings. The van der Waals surface area contributed by atoms with Crippen molar-refractivity contribution >= 4 is 27.9 Å². The molecule has 0 radical (unpaired) electrons. The van der Waals surface area contributed by atoms with Crippen molar-refractivity contribution in [2.24, 2.45) is 0 Å². The predicted molar refractivity (Wildman–Crippen MR) is 120 cm³/mol. The number of fused-ring (bicyclic) bond motifs is 1. The Hall–Kier alpha value is -3.32. The van der Waals surface area contributed by atoms with Gasteiger partial charge in [-0.25, -0.2) is 4.98 Å². The number of anilines is 1. The fourth-order valence-corrected chi connectivity index (χ4v) is 4.20. The van der Waals surface area contributed by atoms with Crippen LogP contribution in [0.3, 0.4) is 0 Å². The van der Waals surface area contributed by atoms with E-state index in [-0.39, 0.29) is 12.3 Å². The maximum atomic E-state index is 12.7. The van der Waals surface area contributed by atoms with Gasteiger partial charge >= 0.3 is 0 Å². The van der Waals surface area contributed by atoms with Crippen LogP contribution in [0.4, 0.5) is 5.69 Å². The first-order valence-corrected chi connectivity index (χ1v) is 10.4. The Labute approximate surface area is 179 Å². The van der Waals surface area contributed by atoms with Crippen LogP contribution in [0, 0.1) is 13.8 Å². The van der Waals surface area contributed by atoms with Crippen LogP contribution >= 0.6 is 11.3 Å². The lowest BCUT2D eigenvalue weighted by molar-refractivity contribution is -0.115. The minimum absolute atomic E-state index is 0.0578. The molecule has 7 heteroatoms. The number of carbonyl (C=O) groups is 1. The van der Waals surface area contributed by atoms with Gasteiger partial charge in [0.25, 0.3) is 0 Å². The standard InChI is InChI=1S/C23H23N3O3S/c1-14-5-6-15(2)19(9-14)24-22(27)10-16-13-30-23-25-20(12-26(16)23)18-11-17(28-3)7-8-21(18)29-4/h5-9,11-13H,10H2,1-4H3,(H,24,27). The molecule has 1 amide bonds.